The van der Waals surface area contributed by atoms with Crippen molar-refractivity contribution in [2.75, 3.05) is 13.7 Å². The fraction of sp³-hybridized carbons (Fsp3) is 0.217. The Morgan fingerprint density at radius 2 is 1.80 bits per heavy atom. The van der Waals surface area contributed by atoms with Crippen LogP contribution in [0.25, 0.3) is 11.5 Å². The molecule has 1 aromatic carbocycles. The first-order valence-electron chi connectivity index (χ1n) is 10.7. The van der Waals surface area contributed by atoms with Crippen LogP contribution < -0.4 is 26.9 Å². The Morgan fingerprint density at radius 3 is 2.46 bits per heavy atom. The third-order valence-electron chi connectivity index (χ3n) is 5.24. The Balaban J connectivity index is 1.51. The molecule has 12 nitrogen and oxygen atoms in total. The molecule has 0 spiro atoms. The predicted octanol–water partition coefficient (Wildman–Crippen LogP) is 0.324. The first-order chi connectivity index (χ1) is 16.8. The number of nitrogens with zero attached hydrogens (tertiary/aromatic N) is 5. The van der Waals surface area contributed by atoms with Crippen molar-refractivity contribution >= 4 is 5.91 Å². The lowest BCUT2D eigenvalue weighted by atomic mass is 10.2. The maximum atomic E-state index is 12.9. The molecule has 2 N–H and O–H groups in total. The van der Waals surface area contributed by atoms with E-state index in [1.807, 2.05) is 19.9 Å². The number of rotatable bonds is 7. The Labute approximate surface area is 198 Å². The van der Waals surface area contributed by atoms with E-state index in [-0.39, 0.29) is 29.9 Å². The molecule has 0 unspecified atom stereocenters. The maximum absolute atomic E-state index is 12.9. The second-order valence-electron chi connectivity index (χ2n) is 7.69. The highest BCUT2D eigenvalue weighted by Gasteiger charge is 2.16. The van der Waals surface area contributed by atoms with Gasteiger partial charge in [0.05, 0.1) is 25.0 Å². The van der Waals surface area contributed by atoms with Gasteiger partial charge in [-0.15, -0.1) is 5.10 Å². The number of aryl methyl sites for hydroxylation is 2. The molecule has 0 radical (unpaired) electrons. The van der Waals surface area contributed by atoms with Gasteiger partial charge in [0.25, 0.3) is 17.0 Å². The van der Waals surface area contributed by atoms with Crippen molar-refractivity contribution in [2.45, 2.75) is 20.4 Å². The number of hydrogen-bond donors (Lipinski definition) is 2. The number of amides is 1. The van der Waals surface area contributed by atoms with Gasteiger partial charge in [0.2, 0.25) is 0 Å². The normalized spacial score (nSPS) is 10.8. The minimum absolute atomic E-state index is 0.0212. The van der Waals surface area contributed by atoms with E-state index in [1.54, 1.807) is 22.9 Å². The molecular weight excluding hydrogens is 454 g/mol. The zero-order valence-electron chi connectivity index (χ0n) is 19.3. The first kappa shape index (κ1) is 23.4. The SMILES string of the molecule is COc1ccc(-n2c(=O)[nH]cc(C(=O)NCCn3nc(-n4nc(C)cc4C)ccc3=O)c2=O)cc1. The second-order valence-corrected chi connectivity index (χ2v) is 7.69. The van der Waals surface area contributed by atoms with Crippen molar-refractivity contribution < 1.29 is 9.53 Å². The third-order valence-corrected chi connectivity index (χ3v) is 5.24. The van der Waals surface area contributed by atoms with E-state index < -0.39 is 17.2 Å². The van der Waals surface area contributed by atoms with E-state index in [0.717, 1.165) is 22.2 Å². The molecule has 0 saturated heterocycles. The molecule has 0 atom stereocenters. The number of aromatic amines is 1. The number of hydrogen-bond acceptors (Lipinski definition) is 7. The van der Waals surface area contributed by atoms with Crippen LogP contribution in [0.3, 0.4) is 0 Å². The number of carbonyl (C=O) groups is 1. The minimum atomic E-state index is -0.779. The molecule has 0 saturated carbocycles. The van der Waals surface area contributed by atoms with E-state index in [0.29, 0.717) is 11.6 Å². The number of methoxy groups -OCH3 is 1. The molecule has 1 amide bonds. The Morgan fingerprint density at radius 1 is 1.06 bits per heavy atom. The molecule has 180 valence electrons. The standard InChI is InChI=1S/C23H23N7O5/c1-14-12-15(2)30(26-14)19-8-9-20(31)28(27-19)11-10-24-21(32)18-13-25-23(34)29(22(18)33)16-4-6-17(35-3)7-5-16/h4-9,12-13H,10-11H2,1-3H3,(H,24,32)(H,25,34). The summed E-state index contributed by atoms with van der Waals surface area (Å²) in [5, 5.41) is 11.3. The number of ether oxygens (including phenoxy) is 1. The van der Waals surface area contributed by atoms with Crippen molar-refractivity contribution in [1.29, 1.82) is 0 Å². The molecule has 0 aliphatic carbocycles. The van der Waals surface area contributed by atoms with Crippen LogP contribution in [-0.2, 0) is 6.54 Å². The van der Waals surface area contributed by atoms with Gasteiger partial charge in [-0.3, -0.25) is 14.4 Å². The van der Waals surface area contributed by atoms with Crippen LogP contribution in [-0.4, -0.2) is 48.7 Å². The van der Waals surface area contributed by atoms with Gasteiger partial charge in [-0.1, -0.05) is 0 Å². The highest BCUT2D eigenvalue weighted by Crippen LogP contribution is 2.12. The highest BCUT2D eigenvalue weighted by atomic mass is 16.5. The summed E-state index contributed by atoms with van der Waals surface area (Å²) in [5.41, 5.74) is -0.113. The summed E-state index contributed by atoms with van der Waals surface area (Å²) in [4.78, 5) is 52.5. The molecule has 35 heavy (non-hydrogen) atoms. The summed E-state index contributed by atoms with van der Waals surface area (Å²) in [5.74, 6) is 0.318. The van der Waals surface area contributed by atoms with E-state index in [1.165, 1.54) is 30.0 Å². The first-order valence-corrected chi connectivity index (χ1v) is 10.7. The van der Waals surface area contributed by atoms with E-state index in [9.17, 15) is 19.2 Å². The zero-order valence-corrected chi connectivity index (χ0v) is 19.3. The lowest BCUT2D eigenvalue weighted by molar-refractivity contribution is 0.0949. The molecule has 4 rings (SSSR count). The average Bonchev–Trinajstić information content (AvgIpc) is 3.18. The minimum Gasteiger partial charge on any atom is -0.497 e. The Bertz CT molecular complexity index is 1560. The molecule has 4 aromatic rings. The van der Waals surface area contributed by atoms with Crippen LogP contribution in [0, 0.1) is 13.8 Å². The number of nitrogens with one attached hydrogen (secondary N) is 2. The fourth-order valence-electron chi connectivity index (χ4n) is 3.54. The monoisotopic (exact) mass is 477 g/mol. The van der Waals surface area contributed by atoms with Crippen molar-refractivity contribution in [2.24, 2.45) is 0 Å². The van der Waals surface area contributed by atoms with Gasteiger partial charge in [0.1, 0.15) is 11.3 Å². The zero-order chi connectivity index (χ0) is 25.1. The van der Waals surface area contributed by atoms with E-state index in [2.05, 4.69) is 20.5 Å². The van der Waals surface area contributed by atoms with Crippen molar-refractivity contribution in [1.82, 2.24) is 34.4 Å². The number of carbonyl (C=O) groups excluding carboxylic acids is 1. The van der Waals surface area contributed by atoms with Crippen molar-refractivity contribution in [3.63, 3.8) is 0 Å². The number of aromatic nitrogens is 6. The van der Waals surface area contributed by atoms with Crippen molar-refractivity contribution in [3.8, 4) is 17.3 Å². The van der Waals surface area contributed by atoms with Gasteiger partial charge in [-0.2, -0.15) is 5.10 Å². The molecule has 0 bridgehead atoms. The van der Waals surface area contributed by atoms with E-state index >= 15 is 0 Å². The molecule has 0 aliphatic rings. The highest BCUT2D eigenvalue weighted by molar-refractivity contribution is 5.93. The van der Waals surface area contributed by atoms with Crippen LogP contribution in [0.1, 0.15) is 21.7 Å². The van der Waals surface area contributed by atoms with Crippen LogP contribution in [0.15, 0.2) is 63.0 Å². The molecule has 12 heteroatoms. The third kappa shape index (κ3) is 4.81. The number of benzene rings is 1. The predicted molar refractivity (Wildman–Crippen MR) is 127 cm³/mol. The molecule has 0 fully saturated rings. The average molecular weight is 477 g/mol. The number of H-pyrrole nitrogens is 1. The fourth-order valence-corrected chi connectivity index (χ4v) is 3.54. The summed E-state index contributed by atoms with van der Waals surface area (Å²) in [7, 11) is 1.50. The lowest BCUT2D eigenvalue weighted by Crippen LogP contribution is -2.40. The Hall–Kier alpha value is -4.74. The van der Waals surface area contributed by atoms with Gasteiger partial charge in [0, 0.05) is 24.5 Å². The Kier molecular flexibility index (Phi) is 6.44. The maximum Gasteiger partial charge on any atom is 0.333 e. The van der Waals surface area contributed by atoms with Crippen molar-refractivity contribution in [3.05, 3.63) is 96.8 Å². The quantitative estimate of drug-likeness (QED) is 0.390. The van der Waals surface area contributed by atoms with E-state index in [4.69, 9.17) is 4.74 Å². The summed E-state index contributed by atoms with van der Waals surface area (Å²) in [6, 6.07) is 11.1. The summed E-state index contributed by atoms with van der Waals surface area (Å²) >= 11 is 0. The molecule has 3 heterocycles. The van der Waals surface area contributed by atoms with Gasteiger partial charge >= 0.3 is 5.69 Å². The van der Waals surface area contributed by atoms with Gasteiger partial charge in [0.15, 0.2) is 5.82 Å². The summed E-state index contributed by atoms with van der Waals surface area (Å²) < 4.78 is 8.76. The molecule has 0 aliphatic heterocycles. The van der Waals surface area contributed by atoms with Crippen LogP contribution in [0.5, 0.6) is 5.75 Å². The van der Waals surface area contributed by atoms with Gasteiger partial charge < -0.3 is 15.0 Å². The van der Waals surface area contributed by atoms with Crippen LogP contribution in [0.4, 0.5) is 0 Å². The molecule has 3 aromatic heterocycles. The summed E-state index contributed by atoms with van der Waals surface area (Å²) in [6.07, 6.45) is 1.06. The topological polar surface area (TPSA) is 146 Å². The summed E-state index contributed by atoms with van der Waals surface area (Å²) in [6.45, 7) is 3.82. The van der Waals surface area contributed by atoms with Crippen LogP contribution >= 0.6 is 0 Å². The smallest absolute Gasteiger partial charge is 0.333 e. The second kappa shape index (κ2) is 9.63. The largest absolute Gasteiger partial charge is 0.497 e. The van der Waals surface area contributed by atoms with Gasteiger partial charge in [-0.05, 0) is 50.2 Å². The van der Waals surface area contributed by atoms with Gasteiger partial charge in [-0.25, -0.2) is 18.7 Å². The van der Waals surface area contributed by atoms with Crippen LogP contribution in [0.2, 0.25) is 0 Å². The lowest BCUT2D eigenvalue weighted by Gasteiger charge is -2.10. The molecular formula is C23H23N7O5.